The van der Waals surface area contributed by atoms with Crippen LogP contribution < -0.4 is 0 Å². The fourth-order valence-corrected chi connectivity index (χ4v) is 4.49. The van der Waals surface area contributed by atoms with Crippen molar-refractivity contribution in [3.63, 3.8) is 0 Å². The highest BCUT2D eigenvalue weighted by Gasteiger charge is 2.40. The number of fused-ring (bicyclic) bond motifs is 2. The van der Waals surface area contributed by atoms with Gasteiger partial charge in [-0.15, -0.1) is 0 Å². The third kappa shape index (κ3) is 2.29. The molecule has 5 rings (SSSR count). The molecule has 3 heterocycles. The summed E-state index contributed by atoms with van der Waals surface area (Å²) in [7, 11) is 2.07. The molecule has 0 spiro atoms. The van der Waals surface area contributed by atoms with Crippen LogP contribution in [0.15, 0.2) is 54.7 Å². The number of aromatic nitrogens is 1. The summed E-state index contributed by atoms with van der Waals surface area (Å²) in [6.45, 7) is 1.46. The van der Waals surface area contributed by atoms with E-state index in [9.17, 15) is 4.79 Å². The maximum absolute atomic E-state index is 13.2. The van der Waals surface area contributed by atoms with Crippen molar-refractivity contribution >= 4 is 16.8 Å². The normalized spacial score (nSPS) is 22.3. The monoisotopic (exact) mass is 346 g/mol. The van der Waals surface area contributed by atoms with Gasteiger partial charge in [0.15, 0.2) is 0 Å². The highest BCUT2D eigenvalue weighted by Crippen LogP contribution is 2.42. The van der Waals surface area contributed by atoms with Gasteiger partial charge in [-0.3, -0.25) is 4.79 Å². The average Bonchev–Trinajstić information content (AvgIpc) is 3.36. The molecule has 1 saturated heterocycles. The molecule has 132 valence electrons. The Morgan fingerprint density at radius 1 is 1.08 bits per heavy atom. The zero-order chi connectivity index (χ0) is 17.7. The van der Waals surface area contributed by atoms with Crippen LogP contribution in [0.3, 0.4) is 0 Å². The van der Waals surface area contributed by atoms with E-state index >= 15 is 0 Å². The Morgan fingerprint density at radius 3 is 2.73 bits per heavy atom. The molecule has 26 heavy (non-hydrogen) atoms. The lowest BCUT2D eigenvalue weighted by molar-refractivity contribution is 0.0500. The molecule has 1 amide bonds. The van der Waals surface area contributed by atoms with Crippen LogP contribution >= 0.6 is 0 Å². The molecule has 1 fully saturated rings. The van der Waals surface area contributed by atoms with Gasteiger partial charge in [0.05, 0.1) is 12.1 Å². The van der Waals surface area contributed by atoms with Crippen LogP contribution in [0.5, 0.6) is 0 Å². The maximum Gasteiger partial charge on any atom is 0.255 e. The average molecular weight is 346 g/mol. The molecule has 2 aliphatic rings. The summed E-state index contributed by atoms with van der Waals surface area (Å²) in [5.41, 5.74) is 4.31. The Hall–Kier alpha value is -2.59. The standard InChI is InChI=1S/C22H22N2O2/c1-23-14-19(16-8-4-5-11-20(16)23)21-17-9-2-3-10-18(17)22(25)24(21)13-15-7-6-12-26-15/h2-5,8-11,14-15,21H,6-7,12-13H2,1H3. The summed E-state index contributed by atoms with van der Waals surface area (Å²) in [5, 5.41) is 1.21. The van der Waals surface area contributed by atoms with Crippen molar-refractivity contribution in [1.29, 1.82) is 0 Å². The minimum absolute atomic E-state index is 0.0472. The molecule has 0 saturated carbocycles. The third-order valence-corrected chi connectivity index (χ3v) is 5.71. The molecule has 2 atom stereocenters. The van der Waals surface area contributed by atoms with Gasteiger partial charge in [0.1, 0.15) is 0 Å². The number of rotatable bonds is 3. The van der Waals surface area contributed by atoms with Gasteiger partial charge in [-0.05, 0) is 30.5 Å². The predicted octanol–water partition coefficient (Wildman–Crippen LogP) is 3.90. The number of hydrogen-bond donors (Lipinski definition) is 0. The lowest BCUT2D eigenvalue weighted by Gasteiger charge is -2.27. The van der Waals surface area contributed by atoms with Crippen LogP contribution in [0.25, 0.3) is 10.9 Å². The molecular formula is C22H22N2O2. The van der Waals surface area contributed by atoms with E-state index in [0.29, 0.717) is 6.54 Å². The van der Waals surface area contributed by atoms with Crippen LogP contribution in [-0.2, 0) is 11.8 Å². The minimum Gasteiger partial charge on any atom is -0.376 e. The summed E-state index contributed by atoms with van der Waals surface area (Å²) >= 11 is 0. The number of carbonyl (C=O) groups is 1. The van der Waals surface area contributed by atoms with E-state index < -0.39 is 0 Å². The molecule has 3 aromatic rings. The first kappa shape index (κ1) is 15.6. The Kier molecular flexibility index (Phi) is 3.61. The van der Waals surface area contributed by atoms with E-state index in [4.69, 9.17) is 4.74 Å². The molecule has 0 N–H and O–H groups in total. The quantitative estimate of drug-likeness (QED) is 0.721. The number of nitrogens with zero attached hydrogens (tertiary/aromatic N) is 2. The second-order valence-corrected chi connectivity index (χ2v) is 7.29. The zero-order valence-electron chi connectivity index (χ0n) is 14.9. The molecule has 1 aromatic heterocycles. The van der Waals surface area contributed by atoms with Crippen molar-refractivity contribution in [3.05, 3.63) is 71.4 Å². The third-order valence-electron chi connectivity index (χ3n) is 5.71. The number of ether oxygens (including phenoxy) is 1. The van der Waals surface area contributed by atoms with Gasteiger partial charge in [-0.2, -0.15) is 0 Å². The zero-order valence-corrected chi connectivity index (χ0v) is 14.9. The fourth-order valence-electron chi connectivity index (χ4n) is 4.49. The minimum atomic E-state index is -0.0472. The lowest BCUT2D eigenvalue weighted by atomic mass is 9.97. The Labute approximate surface area is 153 Å². The van der Waals surface area contributed by atoms with E-state index in [2.05, 4.69) is 48.1 Å². The maximum atomic E-state index is 13.2. The number of aryl methyl sites for hydroxylation is 1. The van der Waals surface area contributed by atoms with Gasteiger partial charge < -0.3 is 14.2 Å². The van der Waals surface area contributed by atoms with Gasteiger partial charge in [-0.25, -0.2) is 0 Å². The molecule has 0 bridgehead atoms. The number of hydrogen-bond acceptors (Lipinski definition) is 2. The van der Waals surface area contributed by atoms with Crippen LogP contribution in [0.1, 0.15) is 40.4 Å². The molecule has 2 aliphatic heterocycles. The SMILES string of the molecule is Cn1cc(C2c3ccccc3C(=O)N2CC2CCCO2)c2ccccc21. The second-order valence-electron chi connectivity index (χ2n) is 7.29. The number of carbonyl (C=O) groups excluding carboxylic acids is 1. The number of benzene rings is 2. The van der Waals surface area contributed by atoms with Crippen LogP contribution in [0.4, 0.5) is 0 Å². The van der Waals surface area contributed by atoms with Crippen molar-refractivity contribution in [2.24, 2.45) is 7.05 Å². The van der Waals surface area contributed by atoms with Crippen molar-refractivity contribution in [1.82, 2.24) is 9.47 Å². The van der Waals surface area contributed by atoms with E-state index in [-0.39, 0.29) is 18.1 Å². The molecule has 2 unspecified atom stereocenters. The summed E-state index contributed by atoms with van der Waals surface area (Å²) in [6, 6.07) is 16.4. The van der Waals surface area contributed by atoms with Crippen molar-refractivity contribution in [2.75, 3.05) is 13.2 Å². The van der Waals surface area contributed by atoms with Gasteiger partial charge in [0.25, 0.3) is 5.91 Å². The Balaban J connectivity index is 1.66. The van der Waals surface area contributed by atoms with E-state index in [1.165, 1.54) is 16.5 Å². The molecule has 0 aliphatic carbocycles. The van der Waals surface area contributed by atoms with Crippen molar-refractivity contribution < 1.29 is 9.53 Å². The predicted molar refractivity (Wildman–Crippen MR) is 101 cm³/mol. The number of para-hydroxylation sites is 1. The van der Waals surface area contributed by atoms with Crippen molar-refractivity contribution in [2.45, 2.75) is 25.0 Å². The smallest absolute Gasteiger partial charge is 0.255 e. The van der Waals surface area contributed by atoms with Gasteiger partial charge in [0.2, 0.25) is 0 Å². The molecular weight excluding hydrogens is 324 g/mol. The summed E-state index contributed by atoms with van der Waals surface area (Å²) in [5.74, 6) is 0.119. The molecule has 4 heteroatoms. The largest absolute Gasteiger partial charge is 0.376 e. The first-order valence-corrected chi connectivity index (χ1v) is 9.29. The van der Waals surface area contributed by atoms with Gasteiger partial charge in [0, 0.05) is 48.4 Å². The van der Waals surface area contributed by atoms with E-state index in [1.807, 2.05) is 23.1 Å². The van der Waals surface area contributed by atoms with E-state index in [1.54, 1.807) is 0 Å². The Morgan fingerprint density at radius 2 is 1.88 bits per heavy atom. The fraction of sp³-hybridized carbons (Fsp3) is 0.318. The molecule has 2 aromatic carbocycles. The molecule has 0 radical (unpaired) electrons. The van der Waals surface area contributed by atoms with Crippen molar-refractivity contribution in [3.8, 4) is 0 Å². The molecule has 4 nitrogen and oxygen atoms in total. The van der Waals surface area contributed by atoms with Crippen LogP contribution in [0, 0.1) is 0 Å². The highest BCUT2D eigenvalue weighted by atomic mass is 16.5. The Bertz CT molecular complexity index is 985. The lowest BCUT2D eigenvalue weighted by Crippen LogP contribution is -2.35. The first-order valence-electron chi connectivity index (χ1n) is 9.29. The van der Waals surface area contributed by atoms with Crippen LogP contribution in [0.2, 0.25) is 0 Å². The van der Waals surface area contributed by atoms with Gasteiger partial charge in [-0.1, -0.05) is 36.4 Å². The highest BCUT2D eigenvalue weighted by molar-refractivity contribution is 6.00. The summed E-state index contributed by atoms with van der Waals surface area (Å²) in [4.78, 5) is 15.2. The van der Waals surface area contributed by atoms with Crippen LogP contribution in [-0.4, -0.2) is 34.6 Å². The topological polar surface area (TPSA) is 34.5 Å². The summed E-state index contributed by atoms with van der Waals surface area (Å²) in [6.07, 6.45) is 4.43. The summed E-state index contributed by atoms with van der Waals surface area (Å²) < 4.78 is 7.99. The second kappa shape index (κ2) is 5.99. The first-order chi connectivity index (χ1) is 12.7. The van der Waals surface area contributed by atoms with E-state index in [0.717, 1.165) is 30.6 Å². The number of amides is 1. The van der Waals surface area contributed by atoms with Gasteiger partial charge >= 0.3 is 0 Å².